The van der Waals surface area contributed by atoms with Crippen LogP contribution in [0.1, 0.15) is 5.56 Å². The Balaban J connectivity index is 1.69. The van der Waals surface area contributed by atoms with E-state index >= 15 is 0 Å². The number of carbonyl (C=O) groups is 1. The molecule has 1 amide bonds. The predicted octanol–water partition coefficient (Wildman–Crippen LogP) is 1.99. The van der Waals surface area contributed by atoms with Gasteiger partial charge in [0.25, 0.3) is 0 Å². The van der Waals surface area contributed by atoms with Crippen molar-refractivity contribution in [3.05, 3.63) is 42.2 Å². The number of hydrogen-bond donors (Lipinski definition) is 1. The smallest absolute Gasteiger partial charge is 0.414 e. The molecule has 1 N–H and O–H groups in total. The molecule has 0 saturated carbocycles. The number of aryl methyl sites for hydroxylation is 1. The molecule has 20 heavy (non-hydrogen) atoms. The van der Waals surface area contributed by atoms with Crippen molar-refractivity contribution >= 4 is 17.5 Å². The quantitative estimate of drug-likeness (QED) is 0.924. The molecule has 1 aromatic carbocycles. The van der Waals surface area contributed by atoms with Crippen LogP contribution in [0, 0.1) is 0 Å². The van der Waals surface area contributed by atoms with Gasteiger partial charge in [0.15, 0.2) is 0 Å². The van der Waals surface area contributed by atoms with E-state index in [1.807, 2.05) is 43.7 Å². The zero-order valence-corrected chi connectivity index (χ0v) is 11.2. The summed E-state index contributed by atoms with van der Waals surface area (Å²) < 4.78 is 6.72. The number of carbonyl (C=O) groups excluding carboxylic acids is 1. The van der Waals surface area contributed by atoms with Gasteiger partial charge in [-0.05, 0) is 18.2 Å². The van der Waals surface area contributed by atoms with Gasteiger partial charge in [0.05, 0.1) is 12.7 Å². The van der Waals surface area contributed by atoms with E-state index in [0.29, 0.717) is 19.7 Å². The van der Waals surface area contributed by atoms with Gasteiger partial charge in [0.2, 0.25) is 0 Å². The lowest BCUT2D eigenvalue weighted by atomic mass is 10.2. The largest absolute Gasteiger partial charge is 0.447 e. The van der Waals surface area contributed by atoms with E-state index in [1.54, 1.807) is 9.58 Å². The van der Waals surface area contributed by atoms with Gasteiger partial charge >= 0.3 is 6.09 Å². The number of hydrogen-bond acceptors (Lipinski definition) is 4. The Morgan fingerprint density at radius 3 is 3.05 bits per heavy atom. The van der Waals surface area contributed by atoms with Crippen LogP contribution in [0.2, 0.25) is 0 Å². The van der Waals surface area contributed by atoms with Crippen LogP contribution in [0.5, 0.6) is 0 Å². The van der Waals surface area contributed by atoms with Crippen molar-refractivity contribution in [2.24, 2.45) is 7.05 Å². The number of anilines is 2. The van der Waals surface area contributed by atoms with Crippen LogP contribution in [0.25, 0.3) is 0 Å². The van der Waals surface area contributed by atoms with Crippen molar-refractivity contribution in [1.82, 2.24) is 9.78 Å². The van der Waals surface area contributed by atoms with Crippen molar-refractivity contribution in [2.75, 3.05) is 23.4 Å². The molecular weight excluding hydrogens is 256 g/mol. The lowest BCUT2D eigenvalue weighted by Gasteiger charge is -2.14. The van der Waals surface area contributed by atoms with Crippen molar-refractivity contribution in [1.29, 1.82) is 0 Å². The van der Waals surface area contributed by atoms with E-state index < -0.39 is 0 Å². The summed E-state index contributed by atoms with van der Waals surface area (Å²) in [6.45, 7) is 1.75. The number of aromatic nitrogens is 2. The summed E-state index contributed by atoms with van der Waals surface area (Å²) in [5, 5.41) is 7.45. The Kier molecular flexibility index (Phi) is 3.28. The zero-order chi connectivity index (χ0) is 13.9. The highest BCUT2D eigenvalue weighted by Gasteiger charge is 2.23. The van der Waals surface area contributed by atoms with Crippen molar-refractivity contribution in [3.63, 3.8) is 0 Å². The predicted molar refractivity (Wildman–Crippen MR) is 75.7 cm³/mol. The van der Waals surface area contributed by atoms with Gasteiger partial charge in [-0.15, -0.1) is 0 Å². The first-order chi connectivity index (χ1) is 9.72. The van der Waals surface area contributed by atoms with Crippen LogP contribution >= 0.6 is 0 Å². The molecule has 0 bridgehead atoms. The third-order valence-electron chi connectivity index (χ3n) is 3.17. The van der Waals surface area contributed by atoms with Gasteiger partial charge in [-0.2, -0.15) is 5.10 Å². The van der Waals surface area contributed by atoms with Crippen LogP contribution in [0.4, 0.5) is 16.2 Å². The number of cyclic esters (lactones) is 1. The summed E-state index contributed by atoms with van der Waals surface area (Å²) in [7, 11) is 1.89. The maximum Gasteiger partial charge on any atom is 0.414 e. The number of nitrogens with zero attached hydrogens (tertiary/aromatic N) is 3. The van der Waals surface area contributed by atoms with E-state index in [-0.39, 0.29) is 6.09 Å². The lowest BCUT2D eigenvalue weighted by Crippen LogP contribution is -2.23. The van der Waals surface area contributed by atoms with Gasteiger partial charge < -0.3 is 10.1 Å². The number of amides is 1. The van der Waals surface area contributed by atoms with E-state index in [1.165, 1.54) is 0 Å². The summed E-state index contributed by atoms with van der Waals surface area (Å²) in [5.74, 6) is 0. The first kappa shape index (κ1) is 12.5. The fourth-order valence-electron chi connectivity index (χ4n) is 2.18. The van der Waals surface area contributed by atoms with Gasteiger partial charge in [0, 0.05) is 36.7 Å². The second kappa shape index (κ2) is 5.24. The summed E-state index contributed by atoms with van der Waals surface area (Å²) in [4.78, 5) is 13.2. The number of ether oxygens (including phenoxy) is 1. The van der Waals surface area contributed by atoms with Crippen LogP contribution in [-0.2, 0) is 18.3 Å². The minimum atomic E-state index is -0.283. The molecule has 0 spiro atoms. The molecule has 0 atom stereocenters. The molecule has 1 aromatic heterocycles. The molecule has 2 heterocycles. The topological polar surface area (TPSA) is 59.4 Å². The second-order valence-electron chi connectivity index (χ2n) is 4.69. The Morgan fingerprint density at radius 1 is 1.45 bits per heavy atom. The van der Waals surface area contributed by atoms with Crippen LogP contribution in [0.15, 0.2) is 36.7 Å². The van der Waals surface area contributed by atoms with Gasteiger partial charge in [-0.25, -0.2) is 4.79 Å². The third kappa shape index (κ3) is 2.59. The van der Waals surface area contributed by atoms with Crippen LogP contribution in [-0.4, -0.2) is 29.0 Å². The van der Waals surface area contributed by atoms with Crippen molar-refractivity contribution in [2.45, 2.75) is 6.54 Å². The highest BCUT2D eigenvalue weighted by molar-refractivity contribution is 5.89. The van der Waals surface area contributed by atoms with E-state index in [0.717, 1.165) is 16.9 Å². The fraction of sp³-hybridized carbons (Fsp3) is 0.286. The van der Waals surface area contributed by atoms with Crippen LogP contribution in [0.3, 0.4) is 0 Å². The van der Waals surface area contributed by atoms with E-state index in [4.69, 9.17) is 4.74 Å². The van der Waals surface area contributed by atoms with E-state index in [9.17, 15) is 4.79 Å². The average Bonchev–Trinajstić information content (AvgIpc) is 3.05. The normalized spacial score (nSPS) is 14.4. The van der Waals surface area contributed by atoms with Crippen molar-refractivity contribution in [3.8, 4) is 0 Å². The van der Waals surface area contributed by atoms with E-state index in [2.05, 4.69) is 10.4 Å². The first-order valence-corrected chi connectivity index (χ1v) is 6.48. The standard InChI is InChI=1S/C14H16N4O2/c1-17-10-11(9-16-17)8-15-12-3-2-4-13(7-12)18-5-6-20-14(18)19/h2-4,7,9-10,15H,5-6,8H2,1H3. The molecular formula is C14H16N4O2. The van der Waals surface area contributed by atoms with Gasteiger partial charge in [-0.3, -0.25) is 9.58 Å². The Morgan fingerprint density at radius 2 is 2.35 bits per heavy atom. The third-order valence-corrected chi connectivity index (χ3v) is 3.17. The minimum Gasteiger partial charge on any atom is -0.447 e. The highest BCUT2D eigenvalue weighted by Crippen LogP contribution is 2.22. The number of rotatable bonds is 4. The molecule has 0 unspecified atom stereocenters. The van der Waals surface area contributed by atoms with Crippen LogP contribution < -0.4 is 10.2 Å². The summed E-state index contributed by atoms with van der Waals surface area (Å²) in [5.41, 5.74) is 2.92. The Labute approximate surface area is 116 Å². The molecule has 1 saturated heterocycles. The van der Waals surface area contributed by atoms with Gasteiger partial charge in [0.1, 0.15) is 6.61 Å². The molecule has 1 aliphatic rings. The first-order valence-electron chi connectivity index (χ1n) is 6.48. The summed E-state index contributed by atoms with van der Waals surface area (Å²) >= 11 is 0. The average molecular weight is 272 g/mol. The maximum atomic E-state index is 11.5. The Bertz CT molecular complexity index is 623. The summed E-state index contributed by atoms with van der Waals surface area (Å²) in [6, 6.07) is 7.75. The molecule has 6 nitrogen and oxygen atoms in total. The number of benzene rings is 1. The highest BCUT2D eigenvalue weighted by atomic mass is 16.6. The summed E-state index contributed by atoms with van der Waals surface area (Å²) in [6.07, 6.45) is 3.51. The fourth-order valence-corrected chi connectivity index (χ4v) is 2.18. The molecule has 0 aliphatic carbocycles. The molecule has 6 heteroatoms. The zero-order valence-electron chi connectivity index (χ0n) is 11.2. The van der Waals surface area contributed by atoms with Crippen molar-refractivity contribution < 1.29 is 9.53 Å². The molecule has 2 aromatic rings. The molecule has 1 fully saturated rings. The minimum absolute atomic E-state index is 0.283. The lowest BCUT2D eigenvalue weighted by molar-refractivity contribution is 0.181. The number of nitrogens with one attached hydrogen (secondary N) is 1. The Hall–Kier alpha value is -2.50. The molecule has 1 aliphatic heterocycles. The second-order valence-corrected chi connectivity index (χ2v) is 4.69. The maximum absolute atomic E-state index is 11.5. The monoisotopic (exact) mass is 272 g/mol. The van der Waals surface area contributed by atoms with Gasteiger partial charge in [-0.1, -0.05) is 6.07 Å². The molecule has 0 radical (unpaired) electrons. The molecule has 104 valence electrons. The SMILES string of the molecule is Cn1cc(CNc2cccc(N3CCOC3=O)c2)cn1. The molecule has 3 rings (SSSR count).